The second-order valence-electron chi connectivity index (χ2n) is 7.94. The molecule has 1 atom stereocenters. The lowest BCUT2D eigenvalue weighted by molar-refractivity contribution is -0.163. The van der Waals surface area contributed by atoms with Gasteiger partial charge >= 0.3 is 11.9 Å². The van der Waals surface area contributed by atoms with E-state index in [9.17, 15) is 18.0 Å². The summed E-state index contributed by atoms with van der Waals surface area (Å²) < 4.78 is 41.2. The standard InChI is InChI=1S/C23H28O7S/c1-23(2,3)29-22(25)19(15-10-13-17-11-6-5-7-12-17)30-31(26,27)20-16-9-8-14-18(20)21(24)28-4/h5-9,11-12,14,16,19H,10,13,15H2,1-4H3/t19-/m1/s1. The summed E-state index contributed by atoms with van der Waals surface area (Å²) in [4.78, 5) is 24.3. The lowest BCUT2D eigenvalue weighted by atomic mass is 10.1. The highest BCUT2D eigenvalue weighted by Crippen LogP contribution is 2.23. The minimum atomic E-state index is -4.44. The molecule has 0 fully saturated rings. The number of carbonyl (C=O) groups excluding carboxylic acids is 2. The van der Waals surface area contributed by atoms with Gasteiger partial charge < -0.3 is 9.47 Å². The maximum absolute atomic E-state index is 12.9. The zero-order valence-corrected chi connectivity index (χ0v) is 19.0. The van der Waals surface area contributed by atoms with Crippen LogP contribution >= 0.6 is 0 Å². The molecular weight excluding hydrogens is 420 g/mol. The fourth-order valence-electron chi connectivity index (χ4n) is 2.88. The largest absolute Gasteiger partial charge is 0.465 e. The molecule has 0 N–H and O–H groups in total. The predicted octanol–water partition coefficient (Wildman–Crippen LogP) is 3.91. The molecule has 0 radical (unpaired) electrons. The fraction of sp³-hybridized carbons (Fsp3) is 0.391. The van der Waals surface area contributed by atoms with Gasteiger partial charge in [-0.1, -0.05) is 42.5 Å². The Labute approximate surface area is 183 Å². The van der Waals surface area contributed by atoms with Crippen LogP contribution in [-0.2, 0) is 35.0 Å². The van der Waals surface area contributed by atoms with Crippen molar-refractivity contribution < 1.29 is 31.7 Å². The van der Waals surface area contributed by atoms with Gasteiger partial charge in [-0.15, -0.1) is 0 Å². The minimum absolute atomic E-state index is 0.128. The molecule has 0 saturated heterocycles. The first-order valence-corrected chi connectivity index (χ1v) is 11.3. The number of carbonyl (C=O) groups is 2. The second kappa shape index (κ2) is 10.5. The summed E-state index contributed by atoms with van der Waals surface area (Å²) in [5.74, 6) is -1.60. The Bertz CT molecular complexity index is 992. The maximum Gasteiger partial charge on any atom is 0.339 e. The first-order valence-electron chi connectivity index (χ1n) is 9.91. The van der Waals surface area contributed by atoms with Crippen LogP contribution in [0.4, 0.5) is 0 Å². The van der Waals surface area contributed by atoms with Crippen LogP contribution in [0.15, 0.2) is 59.5 Å². The molecular formula is C23H28O7S. The van der Waals surface area contributed by atoms with Gasteiger partial charge in [0, 0.05) is 0 Å². The molecule has 0 heterocycles. The van der Waals surface area contributed by atoms with Crippen molar-refractivity contribution in [2.45, 2.75) is 56.6 Å². The summed E-state index contributed by atoms with van der Waals surface area (Å²) in [7, 11) is -3.29. The first-order chi connectivity index (χ1) is 14.5. The minimum Gasteiger partial charge on any atom is -0.465 e. The van der Waals surface area contributed by atoms with E-state index in [2.05, 4.69) is 4.74 Å². The molecule has 0 unspecified atom stereocenters. The summed E-state index contributed by atoms with van der Waals surface area (Å²) in [6, 6.07) is 15.1. The van der Waals surface area contributed by atoms with Crippen LogP contribution in [0, 0.1) is 0 Å². The van der Waals surface area contributed by atoms with Crippen LogP contribution in [-0.4, -0.2) is 39.2 Å². The number of hydrogen-bond acceptors (Lipinski definition) is 7. The lowest BCUT2D eigenvalue weighted by Crippen LogP contribution is -2.35. The smallest absolute Gasteiger partial charge is 0.339 e. The third kappa shape index (κ3) is 7.48. The van der Waals surface area contributed by atoms with E-state index in [1.54, 1.807) is 20.8 Å². The lowest BCUT2D eigenvalue weighted by Gasteiger charge is -2.24. The number of ether oxygens (including phenoxy) is 2. The van der Waals surface area contributed by atoms with Crippen molar-refractivity contribution in [1.82, 2.24) is 0 Å². The van der Waals surface area contributed by atoms with E-state index in [0.29, 0.717) is 12.8 Å². The van der Waals surface area contributed by atoms with Crippen LogP contribution < -0.4 is 0 Å². The molecule has 7 nitrogen and oxygen atoms in total. The molecule has 31 heavy (non-hydrogen) atoms. The van der Waals surface area contributed by atoms with Crippen molar-refractivity contribution in [1.29, 1.82) is 0 Å². The van der Waals surface area contributed by atoms with E-state index in [1.807, 2.05) is 30.3 Å². The highest BCUT2D eigenvalue weighted by molar-refractivity contribution is 7.86. The Morgan fingerprint density at radius 1 is 0.968 bits per heavy atom. The number of esters is 2. The van der Waals surface area contributed by atoms with Gasteiger partial charge in [-0.05, 0) is 57.7 Å². The van der Waals surface area contributed by atoms with E-state index < -0.39 is 33.8 Å². The van der Waals surface area contributed by atoms with Gasteiger partial charge in [-0.25, -0.2) is 9.59 Å². The molecule has 168 valence electrons. The van der Waals surface area contributed by atoms with E-state index in [0.717, 1.165) is 12.7 Å². The third-order valence-electron chi connectivity index (χ3n) is 4.25. The number of rotatable bonds is 9. The molecule has 8 heteroatoms. The fourth-order valence-corrected chi connectivity index (χ4v) is 4.13. The van der Waals surface area contributed by atoms with Crippen molar-refractivity contribution in [3.63, 3.8) is 0 Å². The molecule has 0 spiro atoms. The zero-order valence-electron chi connectivity index (χ0n) is 18.2. The molecule has 2 aromatic rings. The summed E-state index contributed by atoms with van der Waals surface area (Å²) in [5, 5.41) is 0. The Kier molecular flexibility index (Phi) is 8.36. The maximum atomic E-state index is 12.9. The molecule has 0 amide bonds. The molecule has 2 aromatic carbocycles. The van der Waals surface area contributed by atoms with Crippen molar-refractivity contribution in [2.75, 3.05) is 7.11 Å². The quantitative estimate of drug-likeness (QED) is 0.424. The van der Waals surface area contributed by atoms with Crippen LogP contribution in [0.3, 0.4) is 0 Å². The average molecular weight is 449 g/mol. The Hall–Kier alpha value is -2.71. The van der Waals surface area contributed by atoms with Crippen molar-refractivity contribution in [2.24, 2.45) is 0 Å². The van der Waals surface area contributed by atoms with Crippen molar-refractivity contribution in [3.8, 4) is 0 Å². The average Bonchev–Trinajstić information content (AvgIpc) is 2.72. The zero-order chi connectivity index (χ0) is 23.1. The molecule has 0 saturated carbocycles. The Morgan fingerprint density at radius 2 is 1.58 bits per heavy atom. The molecule has 0 aliphatic rings. The van der Waals surface area contributed by atoms with Crippen molar-refractivity contribution in [3.05, 3.63) is 65.7 Å². The van der Waals surface area contributed by atoms with Crippen LogP contribution in [0.2, 0.25) is 0 Å². The van der Waals surface area contributed by atoms with Crippen LogP contribution in [0.1, 0.15) is 49.5 Å². The molecule has 0 aromatic heterocycles. The highest BCUT2D eigenvalue weighted by Gasteiger charge is 2.33. The SMILES string of the molecule is COC(=O)c1ccccc1S(=O)(=O)O[C@H](CCCc1ccccc1)C(=O)OC(C)(C)C. The van der Waals surface area contributed by atoms with E-state index >= 15 is 0 Å². The second-order valence-corrected chi connectivity index (χ2v) is 9.48. The number of hydrogen-bond donors (Lipinski definition) is 0. The van der Waals surface area contributed by atoms with Gasteiger partial charge in [-0.2, -0.15) is 8.42 Å². The summed E-state index contributed by atoms with van der Waals surface area (Å²) in [6.07, 6.45) is -0.0768. The third-order valence-corrected chi connectivity index (χ3v) is 5.63. The van der Waals surface area contributed by atoms with Gasteiger partial charge in [0.15, 0.2) is 6.10 Å². The Balaban J connectivity index is 2.24. The number of aryl methyl sites for hydroxylation is 1. The van der Waals surface area contributed by atoms with Gasteiger partial charge in [0.25, 0.3) is 10.1 Å². The van der Waals surface area contributed by atoms with E-state index in [1.165, 1.54) is 24.3 Å². The first kappa shape index (κ1) is 24.6. The van der Waals surface area contributed by atoms with Gasteiger partial charge in [-0.3, -0.25) is 4.18 Å². The van der Waals surface area contributed by atoms with E-state index in [4.69, 9.17) is 8.92 Å². The molecule has 0 aliphatic carbocycles. The normalized spacial score (nSPS) is 12.8. The number of benzene rings is 2. The van der Waals surface area contributed by atoms with Gasteiger partial charge in [0.05, 0.1) is 12.7 Å². The number of methoxy groups -OCH3 is 1. The molecule has 0 bridgehead atoms. The summed E-state index contributed by atoms with van der Waals surface area (Å²) in [6.45, 7) is 5.06. The summed E-state index contributed by atoms with van der Waals surface area (Å²) >= 11 is 0. The summed E-state index contributed by atoms with van der Waals surface area (Å²) in [5.41, 5.74) is 0.0766. The molecule has 0 aliphatic heterocycles. The van der Waals surface area contributed by atoms with Crippen molar-refractivity contribution >= 4 is 22.1 Å². The van der Waals surface area contributed by atoms with Gasteiger partial charge in [0.2, 0.25) is 0 Å². The predicted molar refractivity (Wildman–Crippen MR) is 115 cm³/mol. The topological polar surface area (TPSA) is 96.0 Å². The van der Waals surface area contributed by atoms with Gasteiger partial charge in [0.1, 0.15) is 10.5 Å². The molecule has 2 rings (SSSR count). The Morgan fingerprint density at radius 3 is 2.19 bits per heavy atom. The van der Waals surface area contributed by atoms with E-state index in [-0.39, 0.29) is 16.9 Å². The van der Waals surface area contributed by atoms with Crippen LogP contribution in [0.5, 0.6) is 0 Å². The highest BCUT2D eigenvalue weighted by atomic mass is 32.2. The monoisotopic (exact) mass is 448 g/mol. The van der Waals surface area contributed by atoms with Crippen LogP contribution in [0.25, 0.3) is 0 Å².